The lowest BCUT2D eigenvalue weighted by atomic mass is 10.1. The molecule has 2 N–H and O–H groups in total. The summed E-state index contributed by atoms with van der Waals surface area (Å²) in [5, 5.41) is 8.92. The molecule has 7 heteroatoms. The Morgan fingerprint density at radius 1 is 1.19 bits per heavy atom. The number of aromatic nitrogens is 1. The molecule has 1 aromatic heterocycles. The highest BCUT2D eigenvalue weighted by molar-refractivity contribution is 7.80. The molecule has 0 saturated carbocycles. The van der Waals surface area contributed by atoms with Crippen molar-refractivity contribution in [1.29, 1.82) is 0 Å². The molecule has 1 heterocycles. The summed E-state index contributed by atoms with van der Waals surface area (Å²) in [5.41, 5.74) is 6.30. The molecule has 0 atom stereocenters. The number of halogens is 1. The zero-order valence-electron chi connectivity index (χ0n) is 14.3. The first-order valence-corrected chi connectivity index (χ1v) is 8.65. The summed E-state index contributed by atoms with van der Waals surface area (Å²) in [6.07, 6.45) is 1.59. The number of pyridine rings is 1. The Kier molecular flexibility index (Phi) is 5.65. The first-order chi connectivity index (χ1) is 12.5. The van der Waals surface area contributed by atoms with E-state index in [0.29, 0.717) is 15.8 Å². The first-order valence-electron chi connectivity index (χ1n) is 7.86. The second-order valence-electron chi connectivity index (χ2n) is 5.62. The van der Waals surface area contributed by atoms with Crippen LogP contribution in [0.4, 0.5) is 5.69 Å². The van der Waals surface area contributed by atoms with Crippen LogP contribution in [0.1, 0.15) is 11.1 Å². The molecule has 132 valence electrons. The number of nitrogens with one attached hydrogen (secondary N) is 2. The maximum Gasteiger partial charge on any atom is 0.191 e. The van der Waals surface area contributed by atoms with Gasteiger partial charge in [-0.1, -0.05) is 23.7 Å². The van der Waals surface area contributed by atoms with Gasteiger partial charge in [-0.15, -0.1) is 0 Å². The molecule has 2 aromatic carbocycles. The third-order valence-corrected chi connectivity index (χ3v) is 4.17. The van der Waals surface area contributed by atoms with Crippen molar-refractivity contribution in [3.05, 3.63) is 64.8 Å². The van der Waals surface area contributed by atoms with Crippen LogP contribution in [0.25, 0.3) is 10.9 Å². The van der Waals surface area contributed by atoms with Crippen LogP contribution in [0.15, 0.2) is 53.6 Å². The zero-order valence-corrected chi connectivity index (χ0v) is 15.9. The van der Waals surface area contributed by atoms with Gasteiger partial charge in [-0.25, -0.2) is 4.98 Å². The van der Waals surface area contributed by atoms with E-state index < -0.39 is 0 Å². The number of anilines is 1. The minimum Gasteiger partial charge on any atom is -0.497 e. The molecule has 0 aliphatic heterocycles. The van der Waals surface area contributed by atoms with Gasteiger partial charge in [0.05, 0.1) is 18.8 Å². The van der Waals surface area contributed by atoms with E-state index in [1.165, 1.54) is 0 Å². The molecule has 0 saturated heterocycles. The molecule has 0 amide bonds. The summed E-state index contributed by atoms with van der Waals surface area (Å²) in [5.74, 6) is 0.779. The van der Waals surface area contributed by atoms with E-state index in [1.807, 2.05) is 55.5 Å². The minimum atomic E-state index is 0.368. The molecular weight excluding hydrogens is 368 g/mol. The normalized spacial score (nSPS) is 10.9. The third-order valence-electron chi connectivity index (χ3n) is 3.67. The Balaban J connectivity index is 1.65. The minimum absolute atomic E-state index is 0.368. The second kappa shape index (κ2) is 8.12. The average molecular weight is 385 g/mol. The van der Waals surface area contributed by atoms with Gasteiger partial charge in [0.15, 0.2) is 5.11 Å². The Morgan fingerprint density at radius 2 is 1.96 bits per heavy atom. The van der Waals surface area contributed by atoms with Gasteiger partial charge in [0.25, 0.3) is 0 Å². The number of hydrogen-bond donors (Lipinski definition) is 2. The quantitative estimate of drug-likeness (QED) is 0.299. The summed E-state index contributed by atoms with van der Waals surface area (Å²) < 4.78 is 5.12. The Hall–Kier alpha value is -2.70. The molecule has 0 unspecified atom stereocenters. The van der Waals surface area contributed by atoms with Crippen LogP contribution in [-0.2, 0) is 0 Å². The van der Waals surface area contributed by atoms with Gasteiger partial charge >= 0.3 is 0 Å². The highest BCUT2D eigenvalue weighted by atomic mass is 35.5. The van der Waals surface area contributed by atoms with E-state index in [2.05, 4.69) is 20.8 Å². The molecule has 3 rings (SSSR count). The van der Waals surface area contributed by atoms with E-state index >= 15 is 0 Å². The SMILES string of the molecule is COc1ccc(NC(=S)N/N=C\c2cc3ccc(C)cc3nc2Cl)cc1. The number of nitrogens with zero attached hydrogens (tertiary/aromatic N) is 2. The average Bonchev–Trinajstić information content (AvgIpc) is 2.63. The largest absolute Gasteiger partial charge is 0.497 e. The smallest absolute Gasteiger partial charge is 0.191 e. The van der Waals surface area contributed by atoms with Gasteiger partial charge in [0.1, 0.15) is 10.9 Å². The van der Waals surface area contributed by atoms with Crippen LogP contribution in [0, 0.1) is 6.92 Å². The van der Waals surface area contributed by atoms with Gasteiger partial charge < -0.3 is 10.1 Å². The number of aryl methyl sites for hydroxylation is 1. The van der Waals surface area contributed by atoms with Crippen molar-refractivity contribution >= 4 is 51.7 Å². The van der Waals surface area contributed by atoms with Crippen molar-refractivity contribution in [2.24, 2.45) is 5.10 Å². The summed E-state index contributed by atoms with van der Waals surface area (Å²) in [6.45, 7) is 2.02. The van der Waals surface area contributed by atoms with Crippen LogP contribution < -0.4 is 15.5 Å². The topological polar surface area (TPSA) is 58.5 Å². The second-order valence-corrected chi connectivity index (χ2v) is 6.38. The Morgan fingerprint density at radius 3 is 2.69 bits per heavy atom. The predicted molar refractivity (Wildman–Crippen MR) is 111 cm³/mol. The van der Waals surface area contributed by atoms with E-state index in [1.54, 1.807) is 13.3 Å². The van der Waals surface area contributed by atoms with Crippen LogP contribution in [0.3, 0.4) is 0 Å². The maximum absolute atomic E-state index is 6.24. The Bertz CT molecular complexity index is 973. The van der Waals surface area contributed by atoms with Crippen LogP contribution in [0.5, 0.6) is 5.75 Å². The predicted octanol–water partition coefficient (Wildman–Crippen LogP) is 4.53. The monoisotopic (exact) mass is 384 g/mol. The molecule has 26 heavy (non-hydrogen) atoms. The zero-order chi connectivity index (χ0) is 18.5. The van der Waals surface area contributed by atoms with Crippen LogP contribution >= 0.6 is 23.8 Å². The molecular formula is C19H17ClN4OS. The lowest BCUT2D eigenvalue weighted by molar-refractivity contribution is 0.415. The number of ether oxygens (including phenoxy) is 1. The highest BCUT2D eigenvalue weighted by Gasteiger charge is 2.04. The fourth-order valence-corrected chi connectivity index (χ4v) is 2.72. The molecule has 0 aliphatic carbocycles. The number of rotatable bonds is 4. The molecule has 0 bridgehead atoms. The Labute approximate surface area is 162 Å². The molecule has 0 spiro atoms. The number of hydrogen-bond acceptors (Lipinski definition) is 4. The van der Waals surface area contributed by atoms with Crippen molar-refractivity contribution in [2.45, 2.75) is 6.92 Å². The van der Waals surface area contributed by atoms with E-state index in [9.17, 15) is 0 Å². The molecule has 0 fully saturated rings. The summed E-state index contributed by atoms with van der Waals surface area (Å²) >= 11 is 11.5. The summed E-state index contributed by atoms with van der Waals surface area (Å²) in [4.78, 5) is 4.40. The van der Waals surface area contributed by atoms with Gasteiger partial charge in [0.2, 0.25) is 0 Å². The fourth-order valence-electron chi connectivity index (χ4n) is 2.35. The highest BCUT2D eigenvalue weighted by Crippen LogP contribution is 2.20. The van der Waals surface area contributed by atoms with Crippen molar-refractivity contribution < 1.29 is 4.74 Å². The summed E-state index contributed by atoms with van der Waals surface area (Å²) in [7, 11) is 1.62. The van der Waals surface area contributed by atoms with Gasteiger partial charge in [0, 0.05) is 16.6 Å². The number of methoxy groups -OCH3 is 1. The van der Waals surface area contributed by atoms with Gasteiger partial charge in [-0.05, 0) is 61.1 Å². The van der Waals surface area contributed by atoms with E-state index in [0.717, 1.165) is 27.9 Å². The van der Waals surface area contributed by atoms with E-state index in [-0.39, 0.29) is 0 Å². The van der Waals surface area contributed by atoms with Crippen molar-refractivity contribution in [3.63, 3.8) is 0 Å². The number of benzene rings is 2. The van der Waals surface area contributed by atoms with Gasteiger partial charge in [-0.2, -0.15) is 5.10 Å². The van der Waals surface area contributed by atoms with Gasteiger partial charge in [-0.3, -0.25) is 5.43 Å². The lowest BCUT2D eigenvalue weighted by Crippen LogP contribution is -2.23. The molecule has 0 radical (unpaired) electrons. The number of thiocarbonyl (C=S) groups is 1. The number of fused-ring (bicyclic) bond motifs is 1. The van der Waals surface area contributed by atoms with Crippen molar-refractivity contribution in [1.82, 2.24) is 10.4 Å². The first kappa shape index (κ1) is 18.1. The molecule has 3 aromatic rings. The standard InChI is InChI=1S/C19H17ClN4OS/c1-12-3-4-13-10-14(18(20)23-17(13)9-12)11-21-24-19(26)22-15-5-7-16(25-2)8-6-15/h3-11H,1-2H3,(H2,22,24,26)/b21-11-. The lowest BCUT2D eigenvalue weighted by Gasteiger charge is -2.08. The third kappa shape index (κ3) is 4.47. The number of hydrazone groups is 1. The maximum atomic E-state index is 6.24. The fraction of sp³-hybridized carbons (Fsp3) is 0.105. The van der Waals surface area contributed by atoms with Crippen LogP contribution in [0.2, 0.25) is 5.15 Å². The summed E-state index contributed by atoms with van der Waals surface area (Å²) in [6, 6.07) is 15.4. The van der Waals surface area contributed by atoms with Crippen LogP contribution in [-0.4, -0.2) is 23.4 Å². The molecule has 0 aliphatic rings. The van der Waals surface area contributed by atoms with Crippen molar-refractivity contribution in [3.8, 4) is 5.75 Å². The van der Waals surface area contributed by atoms with Crippen molar-refractivity contribution in [2.75, 3.05) is 12.4 Å². The van der Waals surface area contributed by atoms with E-state index in [4.69, 9.17) is 28.6 Å². The molecule has 5 nitrogen and oxygen atoms in total.